The Bertz CT molecular complexity index is 442. The molecule has 1 heterocycles. The van der Waals surface area contributed by atoms with Gasteiger partial charge in [0.1, 0.15) is 0 Å². The molecule has 1 saturated carbocycles. The van der Waals surface area contributed by atoms with Crippen LogP contribution in [-0.2, 0) is 9.53 Å². The van der Waals surface area contributed by atoms with Gasteiger partial charge in [-0.15, -0.1) is 0 Å². The number of hydrogen-bond donors (Lipinski definition) is 1. The Kier molecular flexibility index (Phi) is 4.18. The molecule has 18 heavy (non-hydrogen) atoms. The Hall–Kier alpha value is -1.58. The lowest BCUT2D eigenvalue weighted by atomic mass is 10.1. The van der Waals surface area contributed by atoms with Crippen molar-refractivity contribution in [2.24, 2.45) is 4.99 Å². The first kappa shape index (κ1) is 12.9. The van der Waals surface area contributed by atoms with Crippen molar-refractivity contribution in [1.82, 2.24) is 4.98 Å². The Morgan fingerprint density at radius 2 is 2.22 bits per heavy atom. The number of carbonyl (C=O) groups excluding carboxylic acids is 1. The van der Waals surface area contributed by atoms with Crippen LogP contribution in [0.15, 0.2) is 17.3 Å². The number of ether oxygens (including phenoxy) is 1. The van der Waals surface area contributed by atoms with E-state index in [0.29, 0.717) is 12.3 Å². The fourth-order valence-corrected chi connectivity index (χ4v) is 2.34. The summed E-state index contributed by atoms with van der Waals surface area (Å²) >= 11 is 0. The maximum absolute atomic E-state index is 12.0. The zero-order chi connectivity index (χ0) is 13.0. The summed E-state index contributed by atoms with van der Waals surface area (Å²) in [5.74, 6) is -0.324. The maximum atomic E-state index is 12.0. The van der Waals surface area contributed by atoms with E-state index in [1.54, 1.807) is 0 Å². The van der Waals surface area contributed by atoms with E-state index in [0.717, 1.165) is 24.1 Å². The normalized spacial score (nSPS) is 17.1. The van der Waals surface area contributed by atoms with Crippen molar-refractivity contribution in [3.63, 3.8) is 0 Å². The lowest BCUT2D eigenvalue weighted by Crippen LogP contribution is -2.22. The molecule has 1 fully saturated rings. The third-order valence-electron chi connectivity index (χ3n) is 3.30. The van der Waals surface area contributed by atoms with Crippen molar-refractivity contribution >= 4 is 11.7 Å². The molecular weight excluding hydrogens is 228 g/mol. The molecule has 0 bridgehead atoms. The summed E-state index contributed by atoms with van der Waals surface area (Å²) in [6.45, 7) is 4.16. The van der Waals surface area contributed by atoms with E-state index in [1.165, 1.54) is 12.8 Å². The van der Waals surface area contributed by atoms with Crippen LogP contribution >= 0.6 is 0 Å². The second-order valence-corrected chi connectivity index (χ2v) is 4.67. The second-order valence-electron chi connectivity index (χ2n) is 4.67. The molecule has 98 valence electrons. The zero-order valence-electron chi connectivity index (χ0n) is 11.0. The molecule has 0 radical (unpaired) electrons. The molecule has 0 amide bonds. The van der Waals surface area contributed by atoms with Crippen molar-refractivity contribution < 1.29 is 9.53 Å². The van der Waals surface area contributed by atoms with Gasteiger partial charge in [0.15, 0.2) is 5.71 Å². The van der Waals surface area contributed by atoms with Gasteiger partial charge in [-0.3, -0.25) is 4.99 Å². The second kappa shape index (κ2) is 5.85. The molecule has 0 spiro atoms. The van der Waals surface area contributed by atoms with Crippen molar-refractivity contribution in [3.05, 3.63) is 23.5 Å². The Labute approximate surface area is 107 Å². The number of aryl methyl sites for hydroxylation is 1. The molecule has 2 rings (SSSR count). The van der Waals surface area contributed by atoms with Crippen LogP contribution in [0.5, 0.6) is 0 Å². The third-order valence-corrected chi connectivity index (χ3v) is 3.30. The van der Waals surface area contributed by atoms with Crippen LogP contribution in [0.1, 0.15) is 43.9 Å². The number of carbonyl (C=O) groups is 1. The fraction of sp³-hybridized carbons (Fsp3) is 0.571. The summed E-state index contributed by atoms with van der Waals surface area (Å²) in [6, 6.07) is 2.21. The molecule has 1 aliphatic rings. The lowest BCUT2D eigenvalue weighted by Gasteiger charge is -2.09. The minimum Gasteiger partial charge on any atom is -0.461 e. The Balaban J connectivity index is 2.28. The van der Waals surface area contributed by atoms with Gasteiger partial charge in [0.05, 0.1) is 18.3 Å². The van der Waals surface area contributed by atoms with Gasteiger partial charge >= 0.3 is 5.97 Å². The van der Waals surface area contributed by atoms with E-state index < -0.39 is 0 Å². The summed E-state index contributed by atoms with van der Waals surface area (Å²) in [6.07, 6.45) is 6.38. The van der Waals surface area contributed by atoms with E-state index in [9.17, 15) is 4.79 Å². The average molecular weight is 248 g/mol. The molecule has 0 aromatic carbocycles. The summed E-state index contributed by atoms with van der Waals surface area (Å²) in [5.41, 5.74) is 2.27. The predicted molar refractivity (Wildman–Crippen MR) is 71.0 cm³/mol. The van der Waals surface area contributed by atoms with Crippen LogP contribution in [0.4, 0.5) is 0 Å². The summed E-state index contributed by atoms with van der Waals surface area (Å²) in [4.78, 5) is 19.7. The third kappa shape index (κ3) is 2.81. The molecule has 0 atom stereocenters. The summed E-state index contributed by atoms with van der Waals surface area (Å²) < 4.78 is 5.10. The van der Waals surface area contributed by atoms with Gasteiger partial charge in [0.25, 0.3) is 0 Å². The molecule has 1 aromatic rings. The average Bonchev–Trinajstić information content (AvgIpc) is 2.97. The number of aromatic amines is 1. The minimum absolute atomic E-state index is 0.270. The van der Waals surface area contributed by atoms with E-state index in [4.69, 9.17) is 4.74 Å². The molecule has 0 unspecified atom stereocenters. The van der Waals surface area contributed by atoms with E-state index in [1.807, 2.05) is 26.1 Å². The smallest absolute Gasteiger partial charge is 0.358 e. The highest BCUT2D eigenvalue weighted by atomic mass is 16.5. The quantitative estimate of drug-likeness (QED) is 0.657. The number of nitrogens with one attached hydrogen (secondary N) is 1. The standard InChI is InChI=1S/C14H20N2O2/c1-3-18-14(17)13(12-10(2)8-9-15-12)16-11-6-4-5-7-11/h8-9,11,15H,3-7H2,1-2H3. The fourth-order valence-electron chi connectivity index (χ4n) is 2.34. The van der Waals surface area contributed by atoms with E-state index in [-0.39, 0.29) is 12.0 Å². The van der Waals surface area contributed by atoms with Gasteiger partial charge in [0.2, 0.25) is 0 Å². The van der Waals surface area contributed by atoms with Crippen LogP contribution < -0.4 is 0 Å². The molecule has 1 aromatic heterocycles. The zero-order valence-corrected chi connectivity index (χ0v) is 11.0. The van der Waals surface area contributed by atoms with Gasteiger partial charge < -0.3 is 9.72 Å². The largest absolute Gasteiger partial charge is 0.461 e. The Morgan fingerprint density at radius 3 is 2.78 bits per heavy atom. The molecule has 4 heteroatoms. The monoisotopic (exact) mass is 248 g/mol. The molecule has 4 nitrogen and oxygen atoms in total. The number of aliphatic imine (C=N–C) groups is 1. The van der Waals surface area contributed by atoms with Crippen LogP contribution in [0.2, 0.25) is 0 Å². The SMILES string of the molecule is CCOC(=O)C(=NC1CCCC1)c1[nH]ccc1C. The predicted octanol–water partition coefficient (Wildman–Crippen LogP) is 2.62. The number of esters is 1. The molecule has 0 aliphatic heterocycles. The number of nitrogens with zero attached hydrogens (tertiary/aromatic N) is 1. The summed E-state index contributed by atoms with van der Waals surface area (Å²) in [7, 11) is 0. The first-order valence-electron chi connectivity index (χ1n) is 6.61. The van der Waals surface area contributed by atoms with Crippen LogP contribution in [0, 0.1) is 6.92 Å². The highest BCUT2D eigenvalue weighted by Gasteiger charge is 2.22. The van der Waals surface area contributed by atoms with Crippen molar-refractivity contribution in [3.8, 4) is 0 Å². The van der Waals surface area contributed by atoms with Crippen molar-refractivity contribution in [1.29, 1.82) is 0 Å². The number of hydrogen-bond acceptors (Lipinski definition) is 3. The highest BCUT2D eigenvalue weighted by Crippen LogP contribution is 2.22. The van der Waals surface area contributed by atoms with Gasteiger partial charge in [0, 0.05) is 6.20 Å². The summed E-state index contributed by atoms with van der Waals surface area (Å²) in [5, 5.41) is 0. The van der Waals surface area contributed by atoms with E-state index >= 15 is 0 Å². The number of aromatic nitrogens is 1. The molecule has 0 saturated heterocycles. The first-order valence-corrected chi connectivity index (χ1v) is 6.61. The van der Waals surface area contributed by atoms with Crippen molar-refractivity contribution in [2.45, 2.75) is 45.6 Å². The van der Waals surface area contributed by atoms with Crippen LogP contribution in [0.25, 0.3) is 0 Å². The number of rotatable bonds is 4. The van der Waals surface area contributed by atoms with Gasteiger partial charge in [-0.1, -0.05) is 12.8 Å². The first-order chi connectivity index (χ1) is 8.72. The maximum Gasteiger partial charge on any atom is 0.358 e. The van der Waals surface area contributed by atoms with Gasteiger partial charge in [-0.05, 0) is 38.3 Å². The van der Waals surface area contributed by atoms with Gasteiger partial charge in [-0.25, -0.2) is 4.79 Å². The molecule has 1 aliphatic carbocycles. The molecular formula is C14H20N2O2. The number of H-pyrrole nitrogens is 1. The van der Waals surface area contributed by atoms with Crippen molar-refractivity contribution in [2.75, 3.05) is 6.61 Å². The van der Waals surface area contributed by atoms with E-state index in [2.05, 4.69) is 9.98 Å². The minimum atomic E-state index is -0.324. The topological polar surface area (TPSA) is 54.4 Å². The molecule has 1 N–H and O–H groups in total. The highest BCUT2D eigenvalue weighted by molar-refractivity contribution is 6.43. The van der Waals surface area contributed by atoms with Crippen LogP contribution in [-0.4, -0.2) is 29.3 Å². The lowest BCUT2D eigenvalue weighted by molar-refractivity contribution is -0.135. The van der Waals surface area contributed by atoms with Gasteiger partial charge in [-0.2, -0.15) is 0 Å². The Morgan fingerprint density at radius 1 is 1.50 bits per heavy atom. The van der Waals surface area contributed by atoms with Crippen LogP contribution in [0.3, 0.4) is 0 Å².